The number of rotatable bonds is 5. The molecule has 0 saturated heterocycles. The van der Waals surface area contributed by atoms with Crippen molar-refractivity contribution in [1.29, 1.82) is 0 Å². The summed E-state index contributed by atoms with van der Waals surface area (Å²) in [6.45, 7) is 0. The Kier molecular flexibility index (Phi) is 4.42. The zero-order chi connectivity index (χ0) is 13.0. The molecule has 1 aromatic carbocycles. The molecule has 0 spiro atoms. The predicted octanol–water partition coefficient (Wildman–Crippen LogP) is 2.60. The lowest BCUT2D eigenvalue weighted by molar-refractivity contribution is -0.146. The van der Waals surface area contributed by atoms with Gasteiger partial charge in [0.2, 0.25) is 0 Å². The molecule has 3 nitrogen and oxygen atoms in total. The summed E-state index contributed by atoms with van der Waals surface area (Å²) in [5.41, 5.74) is 1.23. The largest absolute Gasteiger partial charge is 0.481 e. The molecule has 1 aromatic rings. The molecular weight excluding hydrogens is 248 g/mol. The third kappa shape index (κ3) is 3.13. The number of ketones is 1. The molecule has 0 aromatic heterocycles. The molecule has 2 unspecified atom stereocenters. The van der Waals surface area contributed by atoms with Crippen LogP contribution in [0.15, 0.2) is 30.3 Å². The van der Waals surface area contributed by atoms with E-state index in [0.717, 1.165) is 17.9 Å². The van der Waals surface area contributed by atoms with Crippen LogP contribution in [0.5, 0.6) is 0 Å². The highest BCUT2D eigenvalue weighted by Crippen LogP contribution is 2.32. The van der Waals surface area contributed by atoms with E-state index in [-0.39, 0.29) is 11.7 Å². The van der Waals surface area contributed by atoms with Gasteiger partial charge < -0.3 is 5.11 Å². The molecule has 0 amide bonds. The van der Waals surface area contributed by atoms with Crippen molar-refractivity contribution in [2.75, 3.05) is 5.75 Å². The Morgan fingerprint density at radius 3 is 2.72 bits per heavy atom. The van der Waals surface area contributed by atoms with Crippen LogP contribution in [-0.2, 0) is 15.3 Å². The van der Waals surface area contributed by atoms with Crippen molar-refractivity contribution in [3.63, 3.8) is 0 Å². The van der Waals surface area contributed by atoms with Crippen LogP contribution < -0.4 is 0 Å². The summed E-state index contributed by atoms with van der Waals surface area (Å²) >= 11 is 1.71. The standard InChI is InChI=1S/C14H16O3S/c15-12-7-6-11(13(12)14(16)17)9-18-8-10-4-2-1-3-5-10/h1-5,11,13H,6-9H2,(H,16,17). The van der Waals surface area contributed by atoms with E-state index in [1.165, 1.54) is 5.56 Å². The third-order valence-electron chi connectivity index (χ3n) is 3.29. The van der Waals surface area contributed by atoms with E-state index < -0.39 is 11.9 Å². The Labute approximate surface area is 111 Å². The molecule has 4 heteroatoms. The Morgan fingerprint density at radius 1 is 1.33 bits per heavy atom. The number of benzene rings is 1. The lowest BCUT2D eigenvalue weighted by Crippen LogP contribution is -2.25. The Hall–Kier alpha value is -1.29. The third-order valence-corrected chi connectivity index (χ3v) is 4.49. The molecule has 0 bridgehead atoms. The maximum atomic E-state index is 11.5. The quantitative estimate of drug-likeness (QED) is 0.831. The number of carboxylic acids is 1. The molecule has 0 heterocycles. The van der Waals surface area contributed by atoms with Crippen LogP contribution in [0.4, 0.5) is 0 Å². The van der Waals surface area contributed by atoms with Gasteiger partial charge in [-0.25, -0.2) is 0 Å². The van der Waals surface area contributed by atoms with Crippen molar-refractivity contribution in [3.05, 3.63) is 35.9 Å². The zero-order valence-corrected chi connectivity index (χ0v) is 10.9. The molecule has 2 atom stereocenters. The monoisotopic (exact) mass is 264 g/mol. The highest BCUT2D eigenvalue weighted by atomic mass is 32.2. The van der Waals surface area contributed by atoms with Crippen LogP contribution in [0.3, 0.4) is 0 Å². The van der Waals surface area contributed by atoms with Gasteiger partial charge in [0.05, 0.1) is 0 Å². The van der Waals surface area contributed by atoms with Gasteiger partial charge in [-0.2, -0.15) is 11.8 Å². The smallest absolute Gasteiger partial charge is 0.314 e. The van der Waals surface area contributed by atoms with Gasteiger partial charge in [-0.1, -0.05) is 30.3 Å². The molecule has 1 N–H and O–H groups in total. The van der Waals surface area contributed by atoms with E-state index in [1.54, 1.807) is 11.8 Å². The predicted molar refractivity (Wildman–Crippen MR) is 71.5 cm³/mol. The SMILES string of the molecule is O=C(O)C1C(=O)CCC1CSCc1ccccc1. The summed E-state index contributed by atoms with van der Waals surface area (Å²) in [5.74, 6) is -0.206. The van der Waals surface area contributed by atoms with E-state index in [1.807, 2.05) is 18.2 Å². The Bertz CT molecular complexity index is 430. The first kappa shape index (κ1) is 13.1. The molecule has 1 fully saturated rings. The average molecular weight is 264 g/mol. The minimum absolute atomic E-state index is 0.00344. The van der Waals surface area contributed by atoms with Crippen LogP contribution in [0.25, 0.3) is 0 Å². The summed E-state index contributed by atoms with van der Waals surface area (Å²) in [5, 5.41) is 9.04. The van der Waals surface area contributed by atoms with E-state index >= 15 is 0 Å². The Morgan fingerprint density at radius 2 is 2.06 bits per heavy atom. The summed E-state index contributed by atoms with van der Waals surface area (Å²) in [6.07, 6.45) is 1.14. The number of Topliss-reactive ketones (excluding diaryl/α,β-unsaturated/α-hetero) is 1. The molecule has 1 saturated carbocycles. The van der Waals surface area contributed by atoms with Crippen LogP contribution in [0.1, 0.15) is 18.4 Å². The minimum atomic E-state index is -0.956. The van der Waals surface area contributed by atoms with Crippen LogP contribution in [0.2, 0.25) is 0 Å². The van der Waals surface area contributed by atoms with Crippen molar-refractivity contribution < 1.29 is 14.7 Å². The molecule has 1 aliphatic rings. The van der Waals surface area contributed by atoms with Crippen molar-refractivity contribution >= 4 is 23.5 Å². The van der Waals surface area contributed by atoms with Crippen LogP contribution in [0, 0.1) is 11.8 Å². The van der Waals surface area contributed by atoms with E-state index in [2.05, 4.69) is 12.1 Å². The molecule has 96 valence electrons. The summed E-state index contributed by atoms with van der Waals surface area (Å²) in [4.78, 5) is 22.5. The lowest BCUT2D eigenvalue weighted by atomic mass is 9.98. The number of carbonyl (C=O) groups is 2. The topological polar surface area (TPSA) is 54.4 Å². The fraction of sp³-hybridized carbons (Fsp3) is 0.429. The maximum Gasteiger partial charge on any atom is 0.314 e. The van der Waals surface area contributed by atoms with Crippen molar-refractivity contribution in [1.82, 2.24) is 0 Å². The second-order valence-electron chi connectivity index (χ2n) is 4.58. The molecule has 18 heavy (non-hydrogen) atoms. The van der Waals surface area contributed by atoms with Gasteiger partial charge in [0.25, 0.3) is 0 Å². The fourth-order valence-electron chi connectivity index (χ4n) is 2.33. The first-order chi connectivity index (χ1) is 8.68. The lowest BCUT2D eigenvalue weighted by Gasteiger charge is -2.13. The van der Waals surface area contributed by atoms with Gasteiger partial charge in [-0.3, -0.25) is 9.59 Å². The van der Waals surface area contributed by atoms with E-state index in [9.17, 15) is 9.59 Å². The molecule has 1 aliphatic carbocycles. The van der Waals surface area contributed by atoms with Gasteiger partial charge >= 0.3 is 5.97 Å². The number of hydrogen-bond acceptors (Lipinski definition) is 3. The second-order valence-corrected chi connectivity index (χ2v) is 5.61. The number of carbonyl (C=O) groups excluding carboxylic acids is 1. The minimum Gasteiger partial charge on any atom is -0.481 e. The van der Waals surface area contributed by atoms with Gasteiger partial charge in [0, 0.05) is 12.2 Å². The van der Waals surface area contributed by atoms with Crippen LogP contribution in [-0.4, -0.2) is 22.6 Å². The van der Waals surface area contributed by atoms with E-state index in [0.29, 0.717) is 6.42 Å². The first-order valence-corrected chi connectivity index (χ1v) is 7.21. The first-order valence-electron chi connectivity index (χ1n) is 6.05. The number of aliphatic carboxylic acids is 1. The fourth-order valence-corrected chi connectivity index (χ4v) is 3.54. The average Bonchev–Trinajstić information content (AvgIpc) is 2.72. The number of hydrogen-bond donors (Lipinski definition) is 1. The maximum absolute atomic E-state index is 11.5. The summed E-state index contributed by atoms with van der Waals surface area (Å²) in [7, 11) is 0. The molecular formula is C14H16O3S. The van der Waals surface area contributed by atoms with Gasteiger partial charge in [0.15, 0.2) is 0 Å². The van der Waals surface area contributed by atoms with Gasteiger partial charge in [-0.05, 0) is 23.7 Å². The van der Waals surface area contributed by atoms with Gasteiger partial charge in [-0.15, -0.1) is 0 Å². The zero-order valence-electron chi connectivity index (χ0n) is 10.0. The van der Waals surface area contributed by atoms with E-state index in [4.69, 9.17) is 5.11 Å². The normalized spacial score (nSPS) is 23.2. The second kappa shape index (κ2) is 6.05. The number of carboxylic acid groups (broad SMARTS) is 1. The highest BCUT2D eigenvalue weighted by molar-refractivity contribution is 7.98. The molecule has 0 radical (unpaired) electrons. The Balaban J connectivity index is 1.83. The van der Waals surface area contributed by atoms with Crippen LogP contribution >= 0.6 is 11.8 Å². The summed E-state index contributed by atoms with van der Waals surface area (Å²) in [6, 6.07) is 10.1. The molecule has 2 rings (SSSR count). The van der Waals surface area contributed by atoms with Gasteiger partial charge in [0.1, 0.15) is 11.7 Å². The van der Waals surface area contributed by atoms with Crippen molar-refractivity contribution in [2.24, 2.45) is 11.8 Å². The van der Waals surface area contributed by atoms with Crippen molar-refractivity contribution in [2.45, 2.75) is 18.6 Å². The highest BCUT2D eigenvalue weighted by Gasteiger charge is 2.39. The van der Waals surface area contributed by atoms with Crippen molar-refractivity contribution in [3.8, 4) is 0 Å². The molecule has 0 aliphatic heterocycles. The number of thioether (sulfide) groups is 1. The summed E-state index contributed by atoms with van der Waals surface area (Å²) < 4.78 is 0.